The Morgan fingerprint density at radius 2 is 2.22 bits per heavy atom. The van der Waals surface area contributed by atoms with Crippen molar-refractivity contribution in [3.05, 3.63) is 22.4 Å². The molecule has 1 amide bonds. The van der Waals surface area contributed by atoms with Crippen molar-refractivity contribution in [2.75, 3.05) is 6.61 Å². The lowest BCUT2D eigenvalue weighted by Crippen LogP contribution is -2.48. The summed E-state index contributed by atoms with van der Waals surface area (Å²) in [7, 11) is 0. The fourth-order valence-corrected chi connectivity index (χ4v) is 2.07. The highest BCUT2D eigenvalue weighted by atomic mass is 79.9. The van der Waals surface area contributed by atoms with Gasteiger partial charge in [-0.2, -0.15) is 0 Å². The van der Waals surface area contributed by atoms with Gasteiger partial charge in [0.2, 0.25) is 0 Å². The van der Waals surface area contributed by atoms with E-state index in [0.29, 0.717) is 12.1 Å². The van der Waals surface area contributed by atoms with E-state index < -0.39 is 5.54 Å². The Morgan fingerprint density at radius 1 is 1.61 bits per heavy atom. The van der Waals surface area contributed by atoms with Crippen molar-refractivity contribution >= 4 is 21.8 Å². The smallest absolute Gasteiger partial charge is 0.268 e. The van der Waals surface area contributed by atoms with E-state index in [9.17, 15) is 9.90 Å². The van der Waals surface area contributed by atoms with Gasteiger partial charge in [0.25, 0.3) is 5.91 Å². The van der Waals surface area contributed by atoms with Gasteiger partial charge in [-0.05, 0) is 49.2 Å². The first kappa shape index (κ1) is 15.2. The van der Waals surface area contributed by atoms with Gasteiger partial charge in [0.1, 0.15) is 5.69 Å². The van der Waals surface area contributed by atoms with Gasteiger partial charge >= 0.3 is 0 Å². The number of amides is 1. The lowest BCUT2D eigenvalue weighted by molar-refractivity contribution is 0.0836. The Kier molecular flexibility index (Phi) is 4.99. The number of hydrogen-bond acceptors (Lipinski definition) is 2. The van der Waals surface area contributed by atoms with Crippen molar-refractivity contribution in [2.24, 2.45) is 0 Å². The second kappa shape index (κ2) is 5.89. The van der Waals surface area contributed by atoms with Crippen molar-refractivity contribution in [1.29, 1.82) is 0 Å². The molecule has 102 valence electrons. The molecule has 0 saturated carbocycles. The molecule has 0 aliphatic heterocycles. The van der Waals surface area contributed by atoms with Crippen LogP contribution in [0.25, 0.3) is 0 Å². The molecule has 1 atom stereocenters. The Bertz CT molecular complexity index is 423. The second-order valence-corrected chi connectivity index (χ2v) is 5.99. The molecule has 1 aromatic rings. The maximum absolute atomic E-state index is 12.3. The van der Waals surface area contributed by atoms with Crippen LogP contribution in [0.15, 0.2) is 16.7 Å². The predicted octanol–water partition coefficient (Wildman–Crippen LogP) is 2.72. The van der Waals surface area contributed by atoms with Crippen LogP contribution in [-0.4, -0.2) is 27.7 Å². The Hall–Kier alpha value is -0.810. The minimum Gasteiger partial charge on any atom is -0.394 e. The predicted molar refractivity (Wildman–Crippen MR) is 75.8 cm³/mol. The zero-order chi connectivity index (χ0) is 13.9. The highest BCUT2D eigenvalue weighted by Gasteiger charge is 2.25. The fraction of sp³-hybridized carbons (Fsp3) is 0.615. The van der Waals surface area contributed by atoms with E-state index >= 15 is 0 Å². The molecule has 0 saturated heterocycles. The number of aliphatic hydroxyl groups is 1. The highest BCUT2D eigenvalue weighted by molar-refractivity contribution is 9.10. The van der Waals surface area contributed by atoms with Gasteiger partial charge in [-0.15, -0.1) is 0 Å². The van der Waals surface area contributed by atoms with Gasteiger partial charge in [-0.3, -0.25) is 4.79 Å². The van der Waals surface area contributed by atoms with Gasteiger partial charge in [0.15, 0.2) is 0 Å². The van der Waals surface area contributed by atoms with Crippen molar-refractivity contribution in [3.63, 3.8) is 0 Å². The maximum atomic E-state index is 12.3. The van der Waals surface area contributed by atoms with Gasteiger partial charge in [0.05, 0.1) is 12.1 Å². The summed E-state index contributed by atoms with van der Waals surface area (Å²) in [5.41, 5.74) is 0.0281. The molecule has 1 aromatic heterocycles. The SMILES string of the molecule is CCC(C)(CO)NC(=O)c1cc(Br)cn1C(C)C. The van der Waals surface area contributed by atoms with Crippen LogP contribution in [0.2, 0.25) is 0 Å². The number of nitrogens with one attached hydrogen (secondary N) is 1. The first-order valence-electron chi connectivity index (χ1n) is 6.13. The number of aromatic nitrogens is 1. The summed E-state index contributed by atoms with van der Waals surface area (Å²) in [6, 6.07) is 2.00. The molecule has 0 spiro atoms. The highest BCUT2D eigenvalue weighted by Crippen LogP contribution is 2.20. The number of halogens is 1. The van der Waals surface area contributed by atoms with E-state index in [2.05, 4.69) is 21.2 Å². The molecule has 0 aliphatic rings. The van der Waals surface area contributed by atoms with E-state index in [1.165, 1.54) is 0 Å². The summed E-state index contributed by atoms with van der Waals surface area (Å²) in [6.07, 6.45) is 2.57. The first-order chi connectivity index (χ1) is 8.33. The summed E-state index contributed by atoms with van der Waals surface area (Å²) in [5, 5.41) is 12.2. The summed E-state index contributed by atoms with van der Waals surface area (Å²) in [6.45, 7) is 7.75. The molecule has 1 unspecified atom stereocenters. The third-order valence-electron chi connectivity index (χ3n) is 3.15. The van der Waals surface area contributed by atoms with Crippen molar-refractivity contribution in [2.45, 2.75) is 45.7 Å². The zero-order valence-electron chi connectivity index (χ0n) is 11.3. The molecule has 2 N–H and O–H groups in total. The van der Waals surface area contributed by atoms with Gasteiger partial charge in [-0.25, -0.2) is 0 Å². The van der Waals surface area contributed by atoms with Crippen molar-refractivity contribution in [1.82, 2.24) is 9.88 Å². The molecule has 1 heterocycles. The quantitative estimate of drug-likeness (QED) is 0.877. The van der Waals surface area contributed by atoms with Crippen LogP contribution in [0.4, 0.5) is 0 Å². The number of rotatable bonds is 5. The average Bonchev–Trinajstić information content (AvgIpc) is 2.71. The van der Waals surface area contributed by atoms with E-state index in [1.54, 1.807) is 6.07 Å². The lowest BCUT2D eigenvalue weighted by atomic mass is 10.00. The van der Waals surface area contributed by atoms with Crippen LogP contribution in [-0.2, 0) is 0 Å². The van der Waals surface area contributed by atoms with E-state index in [-0.39, 0.29) is 18.6 Å². The Morgan fingerprint density at radius 3 is 2.67 bits per heavy atom. The second-order valence-electron chi connectivity index (χ2n) is 5.07. The number of carbonyl (C=O) groups is 1. The number of carbonyl (C=O) groups excluding carboxylic acids is 1. The maximum Gasteiger partial charge on any atom is 0.268 e. The largest absolute Gasteiger partial charge is 0.394 e. The summed E-state index contributed by atoms with van der Waals surface area (Å²) in [4.78, 5) is 12.3. The molecule has 0 radical (unpaired) electrons. The number of aliphatic hydroxyl groups excluding tert-OH is 1. The van der Waals surface area contributed by atoms with Crippen molar-refractivity contribution in [3.8, 4) is 0 Å². The van der Waals surface area contributed by atoms with Crippen LogP contribution < -0.4 is 5.32 Å². The molecule has 5 heteroatoms. The van der Waals surface area contributed by atoms with Crippen LogP contribution in [0.1, 0.15) is 50.6 Å². The summed E-state index contributed by atoms with van der Waals surface area (Å²) < 4.78 is 2.79. The van der Waals surface area contributed by atoms with Crippen LogP contribution in [0.3, 0.4) is 0 Å². The molecular formula is C13H21BrN2O2. The molecule has 18 heavy (non-hydrogen) atoms. The molecule has 0 bridgehead atoms. The van der Waals surface area contributed by atoms with Crippen LogP contribution in [0.5, 0.6) is 0 Å². The van der Waals surface area contributed by atoms with Crippen molar-refractivity contribution < 1.29 is 9.90 Å². The van der Waals surface area contributed by atoms with Crippen LogP contribution in [0, 0.1) is 0 Å². The normalized spacial score (nSPS) is 14.6. The first-order valence-corrected chi connectivity index (χ1v) is 6.93. The van der Waals surface area contributed by atoms with E-state index in [4.69, 9.17) is 0 Å². The number of hydrogen-bond donors (Lipinski definition) is 2. The minimum atomic E-state index is -0.574. The van der Waals surface area contributed by atoms with E-state index in [1.807, 2.05) is 38.5 Å². The van der Waals surface area contributed by atoms with Gasteiger partial charge in [-0.1, -0.05) is 6.92 Å². The molecule has 0 aromatic carbocycles. The van der Waals surface area contributed by atoms with Gasteiger partial charge in [0, 0.05) is 16.7 Å². The van der Waals surface area contributed by atoms with E-state index in [0.717, 1.165) is 4.47 Å². The third-order valence-corrected chi connectivity index (χ3v) is 3.58. The lowest BCUT2D eigenvalue weighted by Gasteiger charge is -2.27. The molecule has 4 nitrogen and oxygen atoms in total. The monoisotopic (exact) mass is 316 g/mol. The topological polar surface area (TPSA) is 54.3 Å². The third kappa shape index (κ3) is 3.36. The standard InChI is InChI=1S/C13H21BrN2O2/c1-5-13(4,8-17)15-12(18)11-6-10(14)7-16(11)9(2)3/h6-7,9,17H,5,8H2,1-4H3,(H,15,18). The molecular weight excluding hydrogens is 296 g/mol. The summed E-state index contributed by atoms with van der Waals surface area (Å²) >= 11 is 3.38. The fourth-order valence-electron chi connectivity index (χ4n) is 1.63. The zero-order valence-corrected chi connectivity index (χ0v) is 12.9. The van der Waals surface area contributed by atoms with Crippen LogP contribution >= 0.6 is 15.9 Å². The Balaban J connectivity index is 2.97. The minimum absolute atomic E-state index is 0.0706. The molecule has 1 rings (SSSR count). The molecule has 0 fully saturated rings. The number of nitrogens with zero attached hydrogens (tertiary/aromatic N) is 1. The Labute approximate surface area is 117 Å². The summed E-state index contributed by atoms with van der Waals surface area (Å²) in [5.74, 6) is -0.159. The average molecular weight is 317 g/mol. The molecule has 0 aliphatic carbocycles. The van der Waals surface area contributed by atoms with Gasteiger partial charge < -0.3 is 15.0 Å².